The summed E-state index contributed by atoms with van der Waals surface area (Å²) in [7, 11) is 0. The molecule has 0 spiro atoms. The van der Waals surface area contributed by atoms with Gasteiger partial charge in [0, 0.05) is 33.3 Å². The molecule has 2 aromatic heterocycles. The molecule has 1 aliphatic heterocycles. The number of nitrogens with zero attached hydrogens (tertiary/aromatic N) is 4. The van der Waals surface area contributed by atoms with Crippen LogP contribution in [0.15, 0.2) is 109 Å². The molecule has 0 radical (unpaired) electrons. The summed E-state index contributed by atoms with van der Waals surface area (Å²) in [6, 6.07) is 24.8. The normalized spacial score (nSPS) is 15.2. The number of rotatable bonds is 2. The lowest BCUT2D eigenvalue weighted by molar-refractivity contribution is -0.143. The fourth-order valence-corrected chi connectivity index (χ4v) is 6.99. The van der Waals surface area contributed by atoms with Crippen LogP contribution in [-0.2, 0) is 23.2 Å². The first kappa shape index (κ1) is 38.4. The van der Waals surface area contributed by atoms with Crippen LogP contribution in [-0.4, -0.2) is 9.97 Å². The largest absolute Gasteiger partial charge is 0.422 e. The highest BCUT2D eigenvalue weighted by Crippen LogP contribution is 2.50. The molecular weight excluding hydrogens is 750 g/mol. The van der Waals surface area contributed by atoms with Crippen molar-refractivity contribution in [3.8, 4) is 0 Å². The smallest absolute Gasteiger partial charge is 0.292 e. The van der Waals surface area contributed by atoms with Gasteiger partial charge in [0.1, 0.15) is 34.4 Å². The van der Waals surface area contributed by atoms with Crippen LogP contribution in [0.5, 0.6) is 0 Å². The van der Waals surface area contributed by atoms with Gasteiger partial charge >= 0.3 is 12.4 Å². The van der Waals surface area contributed by atoms with E-state index in [0.717, 1.165) is 21.9 Å². The molecule has 0 saturated heterocycles. The quantitative estimate of drug-likeness (QED) is 0.164. The van der Waals surface area contributed by atoms with E-state index in [1.807, 2.05) is 0 Å². The maximum atomic E-state index is 16.5. The van der Waals surface area contributed by atoms with Crippen molar-refractivity contribution in [2.75, 3.05) is 9.80 Å². The van der Waals surface area contributed by atoms with Crippen molar-refractivity contribution in [2.24, 2.45) is 0 Å². The lowest BCUT2D eigenvalue weighted by Crippen LogP contribution is -2.29. The van der Waals surface area contributed by atoms with Crippen molar-refractivity contribution in [3.05, 3.63) is 166 Å². The number of alkyl halides is 6. The first-order valence-electron chi connectivity index (χ1n) is 17.1. The maximum absolute atomic E-state index is 16.5. The van der Waals surface area contributed by atoms with Crippen LogP contribution in [0.25, 0.3) is 0 Å². The van der Waals surface area contributed by atoms with Crippen molar-refractivity contribution in [3.63, 3.8) is 0 Å². The van der Waals surface area contributed by atoms with Gasteiger partial charge in [-0.05, 0) is 60.7 Å². The Balaban J connectivity index is 1.69. The highest BCUT2D eigenvalue weighted by molar-refractivity contribution is 5.78. The predicted octanol–water partition coefficient (Wildman–Crippen LogP) is 13.0. The molecular formula is C42H30F10N4. The Labute approximate surface area is 314 Å². The average molecular weight is 781 g/mol. The van der Waals surface area contributed by atoms with Crippen molar-refractivity contribution in [1.82, 2.24) is 9.97 Å². The third-order valence-electron chi connectivity index (χ3n) is 9.99. The molecule has 0 aliphatic carbocycles. The number of halogens is 10. The number of pyridine rings is 2. The van der Waals surface area contributed by atoms with E-state index in [9.17, 15) is 26.3 Å². The summed E-state index contributed by atoms with van der Waals surface area (Å²) >= 11 is 0. The fourth-order valence-electron chi connectivity index (χ4n) is 6.99. The Morgan fingerprint density at radius 1 is 0.446 bits per heavy atom. The first-order valence-corrected chi connectivity index (χ1v) is 17.1. The zero-order valence-electron chi connectivity index (χ0n) is 30.0. The zero-order chi connectivity index (χ0) is 40.5. The van der Waals surface area contributed by atoms with Gasteiger partial charge in [0.15, 0.2) is 11.6 Å². The van der Waals surface area contributed by atoms with Gasteiger partial charge in [-0.15, -0.1) is 0 Å². The SMILES string of the molecule is CC1(C)c2cccc(n2)N(c2ccccc2)c2cc(c(F)c(C(F)(F)F)c2F)C(C)(C)c2cccc(n2)N(c2ccccc2)c2cc1c(F)c(C(F)(F)F)c2F. The van der Waals surface area contributed by atoms with Crippen LogP contribution in [0.1, 0.15) is 61.3 Å². The number of anilines is 6. The van der Waals surface area contributed by atoms with Gasteiger partial charge in [0.2, 0.25) is 0 Å². The molecule has 0 fully saturated rings. The molecule has 14 heteroatoms. The minimum absolute atomic E-state index is 0.0756. The number of benzene rings is 4. The summed E-state index contributed by atoms with van der Waals surface area (Å²) in [6.45, 7) is 5.34. The summed E-state index contributed by atoms with van der Waals surface area (Å²) in [4.78, 5) is 11.2. The molecule has 0 amide bonds. The lowest BCUT2D eigenvalue weighted by atomic mass is 9.79. The Morgan fingerprint density at radius 3 is 1.11 bits per heavy atom. The van der Waals surface area contributed by atoms with E-state index >= 15 is 17.6 Å². The van der Waals surface area contributed by atoms with E-state index in [1.165, 1.54) is 113 Å². The molecule has 56 heavy (non-hydrogen) atoms. The second kappa shape index (κ2) is 13.4. The first-order chi connectivity index (χ1) is 26.2. The molecule has 3 heterocycles. The van der Waals surface area contributed by atoms with Gasteiger partial charge in [-0.1, -0.05) is 76.2 Å². The predicted molar refractivity (Wildman–Crippen MR) is 192 cm³/mol. The number of aromatic nitrogens is 2. The van der Waals surface area contributed by atoms with Gasteiger partial charge < -0.3 is 0 Å². The van der Waals surface area contributed by atoms with Gasteiger partial charge in [-0.25, -0.2) is 27.5 Å². The zero-order valence-corrected chi connectivity index (χ0v) is 30.0. The topological polar surface area (TPSA) is 32.3 Å². The van der Waals surface area contributed by atoms with Gasteiger partial charge in [0.05, 0.1) is 22.8 Å². The van der Waals surface area contributed by atoms with E-state index in [-0.39, 0.29) is 34.4 Å². The van der Waals surface area contributed by atoms with Crippen LogP contribution in [0.4, 0.5) is 78.3 Å². The Hall–Kier alpha value is -5.92. The van der Waals surface area contributed by atoms with Crippen molar-refractivity contribution in [2.45, 2.75) is 50.9 Å². The highest BCUT2D eigenvalue weighted by Gasteiger charge is 2.46. The number of para-hydroxylation sites is 2. The summed E-state index contributed by atoms with van der Waals surface area (Å²) in [5.41, 5.74) is -10.9. The molecule has 0 saturated carbocycles. The fraction of sp³-hybridized carbons (Fsp3) is 0.190. The van der Waals surface area contributed by atoms with Crippen molar-refractivity contribution in [1.29, 1.82) is 0 Å². The van der Waals surface area contributed by atoms with Crippen LogP contribution in [0.2, 0.25) is 0 Å². The molecule has 0 unspecified atom stereocenters. The summed E-state index contributed by atoms with van der Waals surface area (Å²) in [6.07, 6.45) is -11.1. The van der Waals surface area contributed by atoms with Gasteiger partial charge in [-0.2, -0.15) is 26.3 Å². The summed E-state index contributed by atoms with van der Waals surface area (Å²) in [5, 5.41) is 0. The second-order valence-electron chi connectivity index (χ2n) is 14.2. The van der Waals surface area contributed by atoms with E-state index in [2.05, 4.69) is 9.97 Å². The summed E-state index contributed by atoms with van der Waals surface area (Å²) in [5.74, 6) is -8.27. The molecule has 0 atom stereocenters. The van der Waals surface area contributed by atoms with Crippen molar-refractivity contribution >= 4 is 34.4 Å². The molecule has 6 aromatic rings. The van der Waals surface area contributed by atoms with Crippen LogP contribution in [0, 0.1) is 23.3 Å². The third-order valence-corrected chi connectivity index (χ3v) is 9.99. The van der Waals surface area contributed by atoms with Crippen molar-refractivity contribution < 1.29 is 43.9 Å². The summed E-state index contributed by atoms with van der Waals surface area (Å²) < 4.78 is 155. The standard InChI is InChI=1S/C42H30F10N4/c1-39(2)25-21-27(37(45)33(35(25)43)41(47,48)49)55(23-13-7-5-8-14-23)32-20-12-18-30(54-32)40(3,4)26-22-28(38(46)34(36(26)44)42(50,51)52)56(24-15-9-6-10-16-24)31-19-11-17-29(39)53-31/h5-22H,1-4H3. The molecule has 288 valence electrons. The minimum atomic E-state index is -5.54. The Bertz CT molecular complexity index is 2290. The van der Waals surface area contributed by atoms with Crippen LogP contribution < -0.4 is 9.80 Å². The number of fused-ring (bicyclic) bond motifs is 8. The number of hydrogen-bond donors (Lipinski definition) is 0. The molecule has 4 aromatic carbocycles. The van der Waals surface area contributed by atoms with Crippen LogP contribution >= 0.6 is 0 Å². The van der Waals surface area contributed by atoms with E-state index < -0.39 is 80.1 Å². The molecule has 8 bridgehead atoms. The molecule has 4 nitrogen and oxygen atoms in total. The second-order valence-corrected chi connectivity index (χ2v) is 14.2. The lowest BCUT2D eigenvalue weighted by Gasteiger charge is -2.34. The third kappa shape index (κ3) is 6.30. The monoisotopic (exact) mass is 780 g/mol. The number of hydrogen-bond acceptors (Lipinski definition) is 4. The Morgan fingerprint density at radius 2 is 0.786 bits per heavy atom. The van der Waals surface area contributed by atoms with E-state index in [1.54, 1.807) is 12.1 Å². The van der Waals surface area contributed by atoms with E-state index in [4.69, 9.17) is 0 Å². The average Bonchev–Trinajstić information content (AvgIpc) is 3.13. The van der Waals surface area contributed by atoms with Gasteiger partial charge in [0.25, 0.3) is 0 Å². The van der Waals surface area contributed by atoms with E-state index in [0.29, 0.717) is 0 Å². The minimum Gasteiger partial charge on any atom is -0.292 e. The molecule has 1 aliphatic rings. The maximum Gasteiger partial charge on any atom is 0.422 e. The Kier molecular flexibility index (Phi) is 9.17. The highest BCUT2D eigenvalue weighted by atomic mass is 19.4. The van der Waals surface area contributed by atoms with Crippen LogP contribution in [0.3, 0.4) is 0 Å². The molecule has 7 rings (SSSR count). The van der Waals surface area contributed by atoms with Gasteiger partial charge in [-0.3, -0.25) is 9.80 Å². The molecule has 0 N–H and O–H groups in total.